The van der Waals surface area contributed by atoms with Crippen LogP contribution < -0.4 is 17.0 Å². The zero-order chi connectivity index (χ0) is 13.1. The molecule has 0 saturated carbocycles. The number of aliphatic hydroxyl groups is 1. The molecule has 2 rings (SSSR count). The van der Waals surface area contributed by atoms with Crippen LogP contribution in [-0.2, 0) is 6.54 Å². The Kier molecular flexibility index (Phi) is 5.58. The maximum absolute atomic E-state index is 8.85. The lowest BCUT2D eigenvalue weighted by Gasteiger charge is -2.06. The van der Waals surface area contributed by atoms with Gasteiger partial charge in [0.25, 0.3) is 0 Å². The molecule has 104 valence electrons. The van der Waals surface area contributed by atoms with Crippen LogP contribution in [0.5, 0.6) is 0 Å². The Hall–Kier alpha value is -1.32. The van der Waals surface area contributed by atoms with Crippen molar-refractivity contribution in [2.75, 3.05) is 6.61 Å². The highest BCUT2D eigenvalue weighted by atomic mass is 35.5. The molecule has 19 heavy (non-hydrogen) atoms. The summed E-state index contributed by atoms with van der Waals surface area (Å²) in [5.41, 5.74) is 5.13. The molecule has 3 nitrogen and oxygen atoms in total. The predicted octanol–water partition coefficient (Wildman–Crippen LogP) is -0.924. The van der Waals surface area contributed by atoms with E-state index in [0.717, 1.165) is 13.0 Å². The fraction of sp³-hybridized carbons (Fsp3) is 0.400. The van der Waals surface area contributed by atoms with Crippen LogP contribution in [0.3, 0.4) is 0 Å². The fourth-order valence-electron chi connectivity index (χ4n) is 2.49. The minimum atomic E-state index is 0. The first-order valence-electron chi connectivity index (χ1n) is 6.38. The third kappa shape index (κ3) is 3.58. The molecule has 0 bridgehead atoms. The molecule has 1 aromatic carbocycles. The van der Waals surface area contributed by atoms with Crippen molar-refractivity contribution in [1.29, 1.82) is 0 Å². The van der Waals surface area contributed by atoms with Crippen LogP contribution >= 0.6 is 0 Å². The first-order valence-corrected chi connectivity index (χ1v) is 6.38. The summed E-state index contributed by atoms with van der Waals surface area (Å²) in [4.78, 5) is 0. The molecule has 1 heterocycles. The molecular weight excluding hydrogens is 260 g/mol. The van der Waals surface area contributed by atoms with E-state index >= 15 is 0 Å². The molecule has 0 amide bonds. The van der Waals surface area contributed by atoms with Gasteiger partial charge in [0, 0.05) is 13.0 Å². The molecule has 0 atom stereocenters. The van der Waals surface area contributed by atoms with Crippen LogP contribution in [0.2, 0.25) is 0 Å². The number of aromatic nitrogens is 2. The molecule has 0 spiro atoms. The lowest BCUT2D eigenvalue weighted by atomic mass is 10.1. The highest BCUT2D eigenvalue weighted by Gasteiger charge is 2.12. The SMILES string of the molecule is Cc1cc(C)c(-n2cc[n+](CCCO)c2)c(C)c1.[Cl-]. The van der Waals surface area contributed by atoms with E-state index in [1.807, 2.05) is 6.20 Å². The van der Waals surface area contributed by atoms with Gasteiger partial charge in [0.05, 0.1) is 6.54 Å². The average molecular weight is 281 g/mol. The van der Waals surface area contributed by atoms with E-state index in [1.165, 1.54) is 22.4 Å². The van der Waals surface area contributed by atoms with Crippen molar-refractivity contribution in [2.24, 2.45) is 0 Å². The fourth-order valence-corrected chi connectivity index (χ4v) is 2.49. The molecular formula is C15H21ClN2O. The van der Waals surface area contributed by atoms with Crippen molar-refractivity contribution < 1.29 is 22.1 Å². The largest absolute Gasteiger partial charge is 1.00 e. The van der Waals surface area contributed by atoms with Gasteiger partial charge in [-0.15, -0.1) is 0 Å². The molecule has 0 unspecified atom stereocenters. The first-order chi connectivity index (χ1) is 8.61. The van der Waals surface area contributed by atoms with Crippen molar-refractivity contribution >= 4 is 0 Å². The van der Waals surface area contributed by atoms with Crippen molar-refractivity contribution in [1.82, 2.24) is 4.57 Å². The average Bonchev–Trinajstić information content (AvgIpc) is 2.73. The first kappa shape index (κ1) is 15.7. The summed E-state index contributed by atoms with van der Waals surface area (Å²) in [5.74, 6) is 0. The molecule has 0 fully saturated rings. The van der Waals surface area contributed by atoms with Gasteiger partial charge in [0.2, 0.25) is 6.33 Å². The molecule has 2 aromatic rings. The minimum Gasteiger partial charge on any atom is -1.00 e. The second kappa shape index (κ2) is 6.73. The number of benzene rings is 1. The van der Waals surface area contributed by atoms with Crippen molar-refractivity contribution in [3.05, 3.63) is 47.5 Å². The third-order valence-electron chi connectivity index (χ3n) is 3.16. The summed E-state index contributed by atoms with van der Waals surface area (Å²) >= 11 is 0. The highest BCUT2D eigenvalue weighted by Crippen LogP contribution is 2.20. The van der Waals surface area contributed by atoms with Gasteiger partial charge in [-0.2, -0.15) is 0 Å². The Labute approximate surface area is 120 Å². The second-order valence-corrected chi connectivity index (χ2v) is 4.88. The monoisotopic (exact) mass is 280 g/mol. The Morgan fingerprint density at radius 3 is 2.37 bits per heavy atom. The van der Waals surface area contributed by atoms with Gasteiger partial charge >= 0.3 is 0 Å². The number of hydrogen-bond donors (Lipinski definition) is 1. The van der Waals surface area contributed by atoms with Crippen molar-refractivity contribution in [2.45, 2.75) is 33.7 Å². The highest BCUT2D eigenvalue weighted by molar-refractivity contribution is 5.48. The number of hydrogen-bond acceptors (Lipinski definition) is 1. The summed E-state index contributed by atoms with van der Waals surface area (Å²) in [6.07, 6.45) is 7.00. The molecule has 0 aliphatic carbocycles. The van der Waals surface area contributed by atoms with E-state index in [2.05, 4.69) is 54.6 Å². The van der Waals surface area contributed by atoms with Gasteiger partial charge in [-0.3, -0.25) is 0 Å². The lowest BCUT2D eigenvalue weighted by Crippen LogP contribution is -3.00. The number of aliphatic hydroxyl groups excluding tert-OH is 1. The molecule has 0 radical (unpaired) electrons. The number of imidazole rings is 1. The van der Waals surface area contributed by atoms with Crippen molar-refractivity contribution in [3.8, 4) is 5.69 Å². The predicted molar refractivity (Wildman–Crippen MR) is 71.9 cm³/mol. The van der Waals surface area contributed by atoms with E-state index in [0.29, 0.717) is 0 Å². The topological polar surface area (TPSA) is 29.0 Å². The quantitative estimate of drug-likeness (QED) is 0.721. The van der Waals surface area contributed by atoms with E-state index in [1.54, 1.807) is 0 Å². The van der Waals surface area contributed by atoms with Gasteiger partial charge < -0.3 is 17.5 Å². The van der Waals surface area contributed by atoms with Crippen LogP contribution in [0.15, 0.2) is 30.9 Å². The molecule has 1 aromatic heterocycles. The van der Waals surface area contributed by atoms with Crippen molar-refractivity contribution in [3.63, 3.8) is 0 Å². The second-order valence-electron chi connectivity index (χ2n) is 4.88. The van der Waals surface area contributed by atoms with E-state index in [9.17, 15) is 0 Å². The molecule has 1 N–H and O–H groups in total. The summed E-state index contributed by atoms with van der Waals surface area (Å²) in [6, 6.07) is 4.42. The number of aryl methyl sites for hydroxylation is 4. The van der Waals surface area contributed by atoms with Crippen LogP contribution in [0, 0.1) is 20.8 Å². The molecule has 0 saturated heterocycles. The maximum Gasteiger partial charge on any atom is 0.248 e. The molecule has 0 aliphatic heterocycles. The Balaban J connectivity index is 0.00000180. The summed E-state index contributed by atoms with van der Waals surface area (Å²) in [7, 11) is 0. The lowest BCUT2D eigenvalue weighted by molar-refractivity contribution is -0.696. The number of rotatable bonds is 4. The Morgan fingerprint density at radius 2 is 1.79 bits per heavy atom. The standard InChI is InChI=1S/C15H21N2O.ClH/c1-12-9-13(2)15(14(3)10-12)17-7-6-16(11-17)5-4-8-18;/h6-7,9-11,18H,4-5,8H2,1-3H3;1H/q+1;/p-1. The summed E-state index contributed by atoms with van der Waals surface area (Å²) in [5, 5.41) is 8.85. The van der Waals surface area contributed by atoms with Gasteiger partial charge in [-0.05, 0) is 31.9 Å². The van der Waals surface area contributed by atoms with E-state index < -0.39 is 0 Å². The Bertz CT molecular complexity index is 526. The van der Waals surface area contributed by atoms with Crippen LogP contribution in [0.25, 0.3) is 5.69 Å². The zero-order valence-electron chi connectivity index (χ0n) is 11.7. The number of nitrogens with zero attached hydrogens (tertiary/aromatic N) is 2. The van der Waals surface area contributed by atoms with Crippen LogP contribution in [0.4, 0.5) is 0 Å². The van der Waals surface area contributed by atoms with Crippen LogP contribution in [0.1, 0.15) is 23.1 Å². The summed E-state index contributed by atoms with van der Waals surface area (Å²) in [6.45, 7) is 7.51. The van der Waals surface area contributed by atoms with Crippen LogP contribution in [-0.4, -0.2) is 16.3 Å². The third-order valence-corrected chi connectivity index (χ3v) is 3.16. The van der Waals surface area contributed by atoms with Gasteiger partial charge in [0.1, 0.15) is 18.1 Å². The Morgan fingerprint density at radius 1 is 1.16 bits per heavy atom. The number of halogens is 1. The normalized spacial score (nSPS) is 10.3. The molecule has 4 heteroatoms. The molecule has 0 aliphatic rings. The van der Waals surface area contributed by atoms with E-state index in [4.69, 9.17) is 5.11 Å². The minimum absolute atomic E-state index is 0. The van der Waals surface area contributed by atoms with Gasteiger partial charge in [-0.1, -0.05) is 17.7 Å². The van der Waals surface area contributed by atoms with Gasteiger partial charge in [-0.25, -0.2) is 9.13 Å². The van der Waals surface area contributed by atoms with Gasteiger partial charge in [0.15, 0.2) is 0 Å². The summed E-state index contributed by atoms with van der Waals surface area (Å²) < 4.78 is 4.26. The van der Waals surface area contributed by atoms with E-state index in [-0.39, 0.29) is 19.0 Å². The zero-order valence-corrected chi connectivity index (χ0v) is 12.5. The smallest absolute Gasteiger partial charge is 0.248 e. The maximum atomic E-state index is 8.85.